The molecule has 0 aromatic heterocycles. The Bertz CT molecular complexity index is 402. The van der Waals surface area contributed by atoms with Gasteiger partial charge in [-0.2, -0.15) is 0 Å². The topological polar surface area (TPSA) is 21.3 Å². The van der Waals surface area contributed by atoms with Gasteiger partial charge in [0.05, 0.1) is 5.69 Å². The van der Waals surface area contributed by atoms with Crippen LogP contribution in [0.4, 0.5) is 5.69 Å². The Morgan fingerprint density at radius 2 is 1.94 bits per heavy atom. The van der Waals surface area contributed by atoms with Crippen LogP contribution >= 0.6 is 0 Å². The van der Waals surface area contributed by atoms with Crippen molar-refractivity contribution in [1.29, 1.82) is 0 Å². The molecule has 1 aromatic carbocycles. The third-order valence-corrected chi connectivity index (χ3v) is 3.06. The Hall–Kier alpha value is -1.18. The van der Waals surface area contributed by atoms with Crippen molar-refractivity contribution in [2.45, 2.75) is 46.0 Å². The Kier molecular flexibility index (Phi) is 2.61. The summed E-state index contributed by atoms with van der Waals surface area (Å²) in [6.45, 7) is 11.8. The predicted octanol–water partition coefficient (Wildman–Crippen LogP) is 3.87. The standard InChI is InChI=1S/C14H21NO/c1-9(2)12-10(14(3,4)5)6-7-11-13(12)16-8-15-11/h6-7,9,15H,8H2,1-5H3. The molecule has 2 nitrogen and oxygen atoms in total. The van der Waals surface area contributed by atoms with Gasteiger partial charge in [0, 0.05) is 5.56 Å². The maximum absolute atomic E-state index is 5.72. The lowest BCUT2D eigenvalue weighted by Crippen LogP contribution is -2.15. The molecule has 0 unspecified atom stereocenters. The fourth-order valence-corrected chi connectivity index (χ4v) is 2.31. The zero-order chi connectivity index (χ0) is 11.9. The van der Waals surface area contributed by atoms with Gasteiger partial charge in [-0.1, -0.05) is 40.7 Å². The Morgan fingerprint density at radius 3 is 2.50 bits per heavy atom. The molecule has 0 atom stereocenters. The summed E-state index contributed by atoms with van der Waals surface area (Å²) in [5.74, 6) is 1.55. The van der Waals surface area contributed by atoms with E-state index in [1.165, 1.54) is 11.1 Å². The molecular weight excluding hydrogens is 198 g/mol. The van der Waals surface area contributed by atoms with E-state index < -0.39 is 0 Å². The van der Waals surface area contributed by atoms with E-state index in [2.05, 4.69) is 52.1 Å². The van der Waals surface area contributed by atoms with E-state index in [9.17, 15) is 0 Å². The van der Waals surface area contributed by atoms with Crippen molar-refractivity contribution in [3.05, 3.63) is 23.3 Å². The summed E-state index contributed by atoms with van der Waals surface area (Å²) >= 11 is 0. The van der Waals surface area contributed by atoms with Gasteiger partial charge >= 0.3 is 0 Å². The molecule has 1 N–H and O–H groups in total. The fourth-order valence-electron chi connectivity index (χ4n) is 2.31. The summed E-state index contributed by atoms with van der Waals surface area (Å²) in [4.78, 5) is 0. The van der Waals surface area contributed by atoms with Crippen LogP contribution in [0.15, 0.2) is 12.1 Å². The van der Waals surface area contributed by atoms with Crippen LogP contribution in [-0.2, 0) is 5.41 Å². The van der Waals surface area contributed by atoms with Crippen LogP contribution in [0.3, 0.4) is 0 Å². The summed E-state index contributed by atoms with van der Waals surface area (Å²) in [5, 5.41) is 3.25. The summed E-state index contributed by atoms with van der Waals surface area (Å²) in [7, 11) is 0. The highest BCUT2D eigenvalue weighted by atomic mass is 16.5. The van der Waals surface area contributed by atoms with E-state index >= 15 is 0 Å². The molecule has 0 radical (unpaired) electrons. The van der Waals surface area contributed by atoms with E-state index in [1.54, 1.807) is 0 Å². The van der Waals surface area contributed by atoms with E-state index in [0.717, 1.165) is 11.4 Å². The van der Waals surface area contributed by atoms with Gasteiger partial charge in [0.15, 0.2) is 6.73 Å². The molecule has 16 heavy (non-hydrogen) atoms. The van der Waals surface area contributed by atoms with Crippen molar-refractivity contribution in [2.75, 3.05) is 12.0 Å². The number of hydrogen-bond donors (Lipinski definition) is 1. The maximum Gasteiger partial charge on any atom is 0.159 e. The predicted molar refractivity (Wildman–Crippen MR) is 68.3 cm³/mol. The first-order chi connectivity index (χ1) is 7.41. The zero-order valence-electron chi connectivity index (χ0n) is 10.8. The van der Waals surface area contributed by atoms with Gasteiger partial charge in [-0.3, -0.25) is 0 Å². The van der Waals surface area contributed by atoms with Crippen LogP contribution in [-0.4, -0.2) is 6.73 Å². The first kappa shape index (κ1) is 11.3. The third kappa shape index (κ3) is 1.77. The molecule has 0 spiro atoms. The molecular formula is C14H21NO. The minimum absolute atomic E-state index is 0.167. The van der Waals surface area contributed by atoms with E-state index in [0.29, 0.717) is 12.6 Å². The molecule has 1 aliphatic heterocycles. The zero-order valence-corrected chi connectivity index (χ0v) is 10.8. The van der Waals surface area contributed by atoms with Gasteiger partial charge in [0.1, 0.15) is 5.75 Å². The molecule has 1 aromatic rings. The van der Waals surface area contributed by atoms with Crippen molar-refractivity contribution in [3.63, 3.8) is 0 Å². The van der Waals surface area contributed by atoms with Gasteiger partial charge in [0.2, 0.25) is 0 Å². The second-order valence-electron chi connectivity index (χ2n) is 5.77. The van der Waals surface area contributed by atoms with E-state index in [4.69, 9.17) is 4.74 Å². The van der Waals surface area contributed by atoms with Crippen LogP contribution < -0.4 is 10.1 Å². The smallest absolute Gasteiger partial charge is 0.159 e. The van der Waals surface area contributed by atoms with Gasteiger partial charge < -0.3 is 10.1 Å². The number of nitrogens with one attached hydrogen (secondary N) is 1. The van der Waals surface area contributed by atoms with Crippen LogP contribution in [0.2, 0.25) is 0 Å². The monoisotopic (exact) mass is 219 g/mol. The third-order valence-electron chi connectivity index (χ3n) is 3.06. The largest absolute Gasteiger partial charge is 0.471 e. The minimum atomic E-state index is 0.167. The Labute approximate surface area is 98.0 Å². The van der Waals surface area contributed by atoms with Crippen molar-refractivity contribution in [3.8, 4) is 5.75 Å². The van der Waals surface area contributed by atoms with Crippen molar-refractivity contribution >= 4 is 5.69 Å². The number of hydrogen-bond acceptors (Lipinski definition) is 2. The van der Waals surface area contributed by atoms with Gasteiger partial charge in [-0.25, -0.2) is 0 Å². The molecule has 0 saturated heterocycles. The minimum Gasteiger partial charge on any atom is -0.471 e. The summed E-state index contributed by atoms with van der Waals surface area (Å²) in [6.07, 6.45) is 0. The molecule has 0 aliphatic carbocycles. The molecule has 1 heterocycles. The van der Waals surface area contributed by atoms with Crippen molar-refractivity contribution < 1.29 is 4.74 Å². The van der Waals surface area contributed by atoms with Gasteiger partial charge in [0.25, 0.3) is 0 Å². The number of ether oxygens (including phenoxy) is 1. The quantitative estimate of drug-likeness (QED) is 0.774. The lowest BCUT2D eigenvalue weighted by molar-refractivity contribution is 0.365. The highest BCUT2D eigenvalue weighted by molar-refractivity contribution is 5.66. The molecule has 88 valence electrons. The van der Waals surface area contributed by atoms with Crippen LogP contribution in [0.5, 0.6) is 5.75 Å². The highest BCUT2D eigenvalue weighted by Gasteiger charge is 2.26. The van der Waals surface area contributed by atoms with Crippen molar-refractivity contribution in [1.82, 2.24) is 0 Å². The average Bonchev–Trinajstić information content (AvgIpc) is 2.61. The normalized spacial score (nSPS) is 14.6. The molecule has 0 saturated carbocycles. The second-order valence-corrected chi connectivity index (χ2v) is 5.77. The summed E-state index contributed by atoms with van der Waals surface area (Å²) in [6, 6.07) is 4.37. The highest BCUT2D eigenvalue weighted by Crippen LogP contribution is 2.43. The SMILES string of the molecule is CC(C)c1c(C(C)(C)C)ccc2c1OCN2. The first-order valence-corrected chi connectivity index (χ1v) is 5.95. The summed E-state index contributed by atoms with van der Waals surface area (Å²) < 4.78 is 5.72. The molecule has 0 bridgehead atoms. The van der Waals surface area contributed by atoms with Crippen LogP contribution in [0, 0.1) is 0 Å². The van der Waals surface area contributed by atoms with E-state index in [-0.39, 0.29) is 5.41 Å². The van der Waals surface area contributed by atoms with Crippen LogP contribution in [0.25, 0.3) is 0 Å². The van der Waals surface area contributed by atoms with E-state index in [1.807, 2.05) is 0 Å². The van der Waals surface area contributed by atoms with Crippen molar-refractivity contribution in [2.24, 2.45) is 0 Å². The number of fused-ring (bicyclic) bond motifs is 1. The maximum atomic E-state index is 5.72. The van der Waals surface area contributed by atoms with Gasteiger partial charge in [-0.15, -0.1) is 0 Å². The number of anilines is 1. The Morgan fingerprint density at radius 1 is 1.25 bits per heavy atom. The first-order valence-electron chi connectivity index (χ1n) is 5.95. The van der Waals surface area contributed by atoms with Gasteiger partial charge in [-0.05, 0) is 23.0 Å². The Balaban J connectivity index is 2.63. The molecule has 2 rings (SSSR count). The average molecular weight is 219 g/mol. The molecule has 0 fully saturated rings. The molecule has 2 heteroatoms. The fraction of sp³-hybridized carbons (Fsp3) is 0.571. The van der Waals surface area contributed by atoms with Crippen LogP contribution in [0.1, 0.15) is 51.7 Å². The summed E-state index contributed by atoms with van der Waals surface area (Å²) in [5.41, 5.74) is 4.05. The molecule has 0 amide bonds. The molecule has 1 aliphatic rings. The lowest BCUT2D eigenvalue weighted by atomic mass is 9.80. The number of rotatable bonds is 1. The number of benzene rings is 1. The second kappa shape index (κ2) is 3.69. The lowest BCUT2D eigenvalue weighted by Gasteiger charge is -2.26.